The summed E-state index contributed by atoms with van der Waals surface area (Å²) in [4.78, 5) is 29.6. The van der Waals surface area contributed by atoms with Gasteiger partial charge in [0.25, 0.3) is 5.91 Å². The number of hydrogen-bond donors (Lipinski definition) is 2. The fourth-order valence-corrected chi connectivity index (χ4v) is 2.24. The Balaban J connectivity index is 1.96. The van der Waals surface area contributed by atoms with Crippen LogP contribution in [0.5, 0.6) is 0 Å². The standard InChI is InChI=1S/C15H17ClN4O3/c1-2-3-17-13(21)10-19-14-12(16)8-11(9-18-14)15(22)20-4-6-23-7-5-20/h1,8-9H,3-7,10H2,(H,17,21)(H,18,19). The minimum Gasteiger partial charge on any atom is -0.378 e. The molecule has 0 radical (unpaired) electrons. The van der Waals surface area contributed by atoms with Crippen molar-refractivity contribution in [3.05, 3.63) is 22.8 Å². The molecule has 7 nitrogen and oxygen atoms in total. The van der Waals surface area contributed by atoms with Crippen LogP contribution in [0.1, 0.15) is 10.4 Å². The van der Waals surface area contributed by atoms with Gasteiger partial charge < -0.3 is 20.3 Å². The van der Waals surface area contributed by atoms with Crippen LogP contribution < -0.4 is 10.6 Å². The van der Waals surface area contributed by atoms with E-state index in [0.29, 0.717) is 37.7 Å². The number of anilines is 1. The van der Waals surface area contributed by atoms with Crippen LogP contribution in [0.15, 0.2) is 12.3 Å². The summed E-state index contributed by atoms with van der Waals surface area (Å²) >= 11 is 6.12. The first-order chi connectivity index (χ1) is 11.1. The van der Waals surface area contributed by atoms with E-state index in [1.807, 2.05) is 0 Å². The summed E-state index contributed by atoms with van der Waals surface area (Å²) in [6.45, 7) is 2.30. The second-order valence-corrected chi connectivity index (χ2v) is 5.20. The number of ether oxygens (including phenoxy) is 1. The van der Waals surface area contributed by atoms with Gasteiger partial charge in [0.1, 0.15) is 5.82 Å². The second-order valence-electron chi connectivity index (χ2n) is 4.79. The molecule has 1 aliphatic rings. The van der Waals surface area contributed by atoms with Gasteiger partial charge in [0.15, 0.2) is 0 Å². The first-order valence-corrected chi connectivity index (χ1v) is 7.46. The Kier molecular flexibility index (Phi) is 6.20. The zero-order chi connectivity index (χ0) is 16.7. The molecule has 1 aromatic heterocycles. The number of pyridine rings is 1. The number of nitrogens with one attached hydrogen (secondary N) is 2. The van der Waals surface area contributed by atoms with Crippen LogP contribution in [-0.2, 0) is 9.53 Å². The molecule has 1 aromatic rings. The molecule has 0 aromatic carbocycles. The molecule has 1 aliphatic heterocycles. The highest BCUT2D eigenvalue weighted by atomic mass is 35.5. The van der Waals surface area contributed by atoms with E-state index in [-0.39, 0.29) is 29.9 Å². The van der Waals surface area contributed by atoms with Gasteiger partial charge in [0.2, 0.25) is 5.91 Å². The van der Waals surface area contributed by atoms with E-state index < -0.39 is 0 Å². The maximum Gasteiger partial charge on any atom is 0.255 e. The quantitative estimate of drug-likeness (QED) is 0.759. The number of hydrogen-bond acceptors (Lipinski definition) is 5. The molecule has 0 saturated carbocycles. The minimum absolute atomic E-state index is 0.00877. The first kappa shape index (κ1) is 17.1. The SMILES string of the molecule is C#CCNC(=O)CNc1ncc(C(=O)N2CCOCC2)cc1Cl. The summed E-state index contributed by atoms with van der Waals surface area (Å²) in [6.07, 6.45) is 6.49. The number of carbonyl (C=O) groups is 2. The summed E-state index contributed by atoms with van der Waals surface area (Å²) in [6, 6.07) is 1.54. The molecule has 0 atom stereocenters. The topological polar surface area (TPSA) is 83.6 Å². The van der Waals surface area contributed by atoms with E-state index in [0.717, 1.165) is 0 Å². The van der Waals surface area contributed by atoms with Crippen molar-refractivity contribution in [2.24, 2.45) is 0 Å². The predicted molar refractivity (Wildman–Crippen MR) is 86.3 cm³/mol. The van der Waals surface area contributed by atoms with Crippen molar-refractivity contribution in [2.75, 3.05) is 44.7 Å². The lowest BCUT2D eigenvalue weighted by atomic mass is 10.2. The van der Waals surface area contributed by atoms with Crippen LogP contribution >= 0.6 is 11.6 Å². The van der Waals surface area contributed by atoms with E-state index in [1.54, 1.807) is 4.90 Å². The lowest BCUT2D eigenvalue weighted by Crippen LogP contribution is -2.40. The summed E-state index contributed by atoms with van der Waals surface area (Å²) in [5.74, 6) is 2.23. The van der Waals surface area contributed by atoms with Gasteiger partial charge in [0, 0.05) is 19.3 Å². The molecule has 2 amide bonds. The molecule has 0 aliphatic carbocycles. The molecule has 8 heteroatoms. The monoisotopic (exact) mass is 336 g/mol. The van der Waals surface area contributed by atoms with Gasteiger partial charge in [-0.25, -0.2) is 4.98 Å². The highest BCUT2D eigenvalue weighted by Crippen LogP contribution is 2.21. The smallest absolute Gasteiger partial charge is 0.255 e. The Bertz CT molecular complexity index is 624. The fourth-order valence-electron chi connectivity index (χ4n) is 2.01. The Labute approximate surface area is 139 Å². The molecule has 2 N–H and O–H groups in total. The van der Waals surface area contributed by atoms with Crippen molar-refractivity contribution < 1.29 is 14.3 Å². The van der Waals surface area contributed by atoms with Gasteiger partial charge >= 0.3 is 0 Å². The van der Waals surface area contributed by atoms with E-state index in [9.17, 15) is 9.59 Å². The predicted octanol–water partition coefficient (Wildman–Crippen LogP) is 0.369. The molecule has 0 bridgehead atoms. The zero-order valence-corrected chi connectivity index (χ0v) is 13.2. The molecule has 0 unspecified atom stereocenters. The van der Waals surface area contributed by atoms with Crippen molar-refractivity contribution >= 4 is 29.2 Å². The van der Waals surface area contributed by atoms with Gasteiger partial charge in [-0.3, -0.25) is 9.59 Å². The van der Waals surface area contributed by atoms with Crippen molar-refractivity contribution in [3.8, 4) is 12.3 Å². The molecular formula is C15H17ClN4O3. The van der Waals surface area contributed by atoms with Gasteiger partial charge in [0.05, 0.1) is 36.9 Å². The number of nitrogens with zero attached hydrogens (tertiary/aromatic N) is 2. The summed E-state index contributed by atoms with van der Waals surface area (Å²) in [5, 5.41) is 5.58. The van der Waals surface area contributed by atoms with Crippen LogP contribution in [0.2, 0.25) is 5.02 Å². The molecular weight excluding hydrogens is 320 g/mol. The number of halogens is 1. The number of morpholine rings is 1. The Morgan fingerprint density at radius 1 is 1.43 bits per heavy atom. The summed E-state index contributed by atoms with van der Waals surface area (Å²) in [7, 11) is 0. The molecule has 23 heavy (non-hydrogen) atoms. The molecule has 2 heterocycles. The number of terminal acetylenes is 1. The third kappa shape index (κ3) is 4.84. The van der Waals surface area contributed by atoms with Crippen molar-refractivity contribution in [1.29, 1.82) is 0 Å². The van der Waals surface area contributed by atoms with Crippen LogP contribution in [0.25, 0.3) is 0 Å². The van der Waals surface area contributed by atoms with Gasteiger partial charge in [-0.15, -0.1) is 6.42 Å². The molecule has 0 spiro atoms. The van der Waals surface area contributed by atoms with Crippen LogP contribution in [0, 0.1) is 12.3 Å². The van der Waals surface area contributed by atoms with Crippen molar-refractivity contribution in [1.82, 2.24) is 15.2 Å². The molecule has 1 fully saturated rings. The van der Waals surface area contributed by atoms with Crippen molar-refractivity contribution in [2.45, 2.75) is 0 Å². The maximum absolute atomic E-state index is 12.3. The lowest BCUT2D eigenvalue weighted by Gasteiger charge is -2.26. The number of amides is 2. The van der Waals surface area contributed by atoms with Gasteiger partial charge in [-0.1, -0.05) is 17.5 Å². The normalized spacial score (nSPS) is 14.0. The van der Waals surface area contributed by atoms with Crippen LogP contribution in [-0.4, -0.2) is 61.1 Å². The highest BCUT2D eigenvalue weighted by Gasteiger charge is 2.19. The van der Waals surface area contributed by atoms with Gasteiger partial charge in [-0.05, 0) is 6.07 Å². The van der Waals surface area contributed by atoms with E-state index in [4.69, 9.17) is 22.8 Å². The lowest BCUT2D eigenvalue weighted by molar-refractivity contribution is -0.119. The zero-order valence-electron chi connectivity index (χ0n) is 12.5. The molecule has 2 rings (SSSR count). The average Bonchev–Trinajstić information content (AvgIpc) is 2.59. The number of carbonyl (C=O) groups excluding carboxylic acids is 2. The summed E-state index contributed by atoms with van der Waals surface area (Å²) in [5.41, 5.74) is 0.402. The molecule has 1 saturated heterocycles. The maximum atomic E-state index is 12.3. The first-order valence-electron chi connectivity index (χ1n) is 7.08. The highest BCUT2D eigenvalue weighted by molar-refractivity contribution is 6.33. The number of rotatable bonds is 5. The molecule has 122 valence electrons. The van der Waals surface area contributed by atoms with E-state index in [1.165, 1.54) is 12.3 Å². The van der Waals surface area contributed by atoms with Crippen LogP contribution in [0.3, 0.4) is 0 Å². The Hall–Kier alpha value is -2.30. The van der Waals surface area contributed by atoms with Crippen LogP contribution in [0.4, 0.5) is 5.82 Å². The summed E-state index contributed by atoms with van der Waals surface area (Å²) < 4.78 is 5.22. The second kappa shape index (κ2) is 8.36. The third-order valence-corrected chi connectivity index (χ3v) is 3.48. The Morgan fingerprint density at radius 2 is 2.17 bits per heavy atom. The van der Waals surface area contributed by atoms with Gasteiger partial charge in [-0.2, -0.15) is 0 Å². The minimum atomic E-state index is -0.269. The Morgan fingerprint density at radius 3 is 2.83 bits per heavy atom. The van der Waals surface area contributed by atoms with E-state index in [2.05, 4.69) is 21.5 Å². The van der Waals surface area contributed by atoms with Crippen molar-refractivity contribution in [3.63, 3.8) is 0 Å². The fraction of sp³-hybridized carbons (Fsp3) is 0.400. The number of aromatic nitrogens is 1. The van der Waals surface area contributed by atoms with E-state index >= 15 is 0 Å². The average molecular weight is 337 g/mol. The third-order valence-electron chi connectivity index (χ3n) is 3.19. The largest absolute Gasteiger partial charge is 0.378 e.